The van der Waals surface area contributed by atoms with Gasteiger partial charge in [-0.1, -0.05) is 92.6 Å². The van der Waals surface area contributed by atoms with Crippen LogP contribution in [0.4, 0.5) is 0 Å². The van der Waals surface area contributed by atoms with Gasteiger partial charge in [-0.3, -0.25) is 0 Å². The fourth-order valence-electron chi connectivity index (χ4n) is 0.874. The lowest BCUT2D eigenvalue weighted by atomic mass is 10.2. The molecule has 0 N–H and O–H groups in total. The zero-order chi connectivity index (χ0) is 12.1. The van der Waals surface area contributed by atoms with Gasteiger partial charge in [0.05, 0.1) is 0 Å². The average Bonchev–Trinajstić information content (AvgIpc) is 2.36. The van der Waals surface area contributed by atoms with Gasteiger partial charge in [0.15, 0.2) is 0 Å². The molecule has 16 heavy (non-hydrogen) atoms. The second-order valence-corrected chi connectivity index (χ2v) is 2.86. The van der Waals surface area contributed by atoms with Crippen LogP contribution in [-0.2, 0) is 0 Å². The van der Waals surface area contributed by atoms with E-state index in [-0.39, 0.29) is 0 Å². The van der Waals surface area contributed by atoms with Crippen molar-refractivity contribution in [2.24, 2.45) is 0 Å². The second kappa shape index (κ2) is 11.0. The van der Waals surface area contributed by atoms with Crippen LogP contribution < -0.4 is 0 Å². The molecular weight excluding hydrogens is 192 g/mol. The van der Waals surface area contributed by atoms with Crippen molar-refractivity contribution in [3.63, 3.8) is 0 Å². The average molecular weight is 210 g/mol. The van der Waals surface area contributed by atoms with E-state index in [4.69, 9.17) is 0 Å². The topological polar surface area (TPSA) is 0 Å². The van der Waals surface area contributed by atoms with Gasteiger partial charge in [0.1, 0.15) is 0 Å². The molecule has 0 heterocycles. The minimum absolute atomic E-state index is 1.21. The van der Waals surface area contributed by atoms with E-state index in [0.717, 1.165) is 0 Å². The lowest BCUT2D eigenvalue weighted by Gasteiger charge is -1.87. The summed E-state index contributed by atoms with van der Waals surface area (Å²) in [5, 5.41) is 0. The molecule has 1 aromatic rings. The Kier molecular flexibility index (Phi) is 9.57. The normalized spacial score (nSPS) is 9.50. The molecule has 0 heteroatoms. The number of hydrogen-bond acceptors (Lipinski definition) is 0. The summed E-state index contributed by atoms with van der Waals surface area (Å²) in [7, 11) is 0. The van der Waals surface area contributed by atoms with Crippen LogP contribution in [0.15, 0.2) is 86.5 Å². The largest absolute Gasteiger partial charge is 0.0991 e. The lowest BCUT2D eigenvalue weighted by Crippen LogP contribution is -1.66. The molecule has 0 saturated heterocycles. The first-order valence-corrected chi connectivity index (χ1v) is 5.09. The summed E-state index contributed by atoms with van der Waals surface area (Å²) in [4.78, 5) is 0. The number of hydrogen-bond donors (Lipinski definition) is 0. The van der Waals surface area contributed by atoms with Crippen molar-refractivity contribution in [1.82, 2.24) is 0 Å². The number of allylic oxidation sites excluding steroid dienone is 6. The molecule has 0 atom stereocenters. The molecule has 0 bridgehead atoms. The molecule has 1 aromatic carbocycles. The Balaban J connectivity index is 0.000000487. The molecule has 0 fully saturated rings. The smallest absolute Gasteiger partial charge is 0.0257 e. The Bertz CT molecular complexity index is 347. The highest BCUT2D eigenvalue weighted by molar-refractivity contribution is 5.50. The molecule has 0 unspecified atom stereocenters. The van der Waals surface area contributed by atoms with Gasteiger partial charge in [0, 0.05) is 0 Å². The Labute approximate surface area is 98.6 Å². The molecular formula is C16H18. The summed E-state index contributed by atoms with van der Waals surface area (Å²) < 4.78 is 0. The Morgan fingerprint density at radius 1 is 0.688 bits per heavy atom. The molecule has 0 spiro atoms. The predicted molar refractivity (Wildman–Crippen MR) is 75.2 cm³/mol. The summed E-state index contributed by atoms with van der Waals surface area (Å²) in [5.74, 6) is 0. The molecule has 0 saturated carbocycles. The van der Waals surface area contributed by atoms with Gasteiger partial charge in [-0.2, -0.15) is 0 Å². The van der Waals surface area contributed by atoms with Gasteiger partial charge < -0.3 is 0 Å². The SMILES string of the molecule is C=CC=C.C=CC=CC=Cc1ccccc1. The van der Waals surface area contributed by atoms with Crippen molar-refractivity contribution in [1.29, 1.82) is 0 Å². The highest BCUT2D eigenvalue weighted by atomic mass is 13.8. The monoisotopic (exact) mass is 210 g/mol. The van der Waals surface area contributed by atoms with Crippen LogP contribution in [0.1, 0.15) is 5.56 Å². The first-order valence-electron chi connectivity index (χ1n) is 5.09. The Morgan fingerprint density at radius 2 is 1.31 bits per heavy atom. The number of benzene rings is 1. The Morgan fingerprint density at radius 3 is 1.81 bits per heavy atom. The Hall–Kier alpha value is -2.08. The van der Waals surface area contributed by atoms with Crippen molar-refractivity contribution < 1.29 is 0 Å². The second-order valence-electron chi connectivity index (χ2n) is 2.86. The lowest BCUT2D eigenvalue weighted by molar-refractivity contribution is 1.66. The molecule has 1 rings (SSSR count). The first-order chi connectivity index (χ1) is 7.85. The van der Waals surface area contributed by atoms with Gasteiger partial charge >= 0.3 is 0 Å². The summed E-state index contributed by atoms with van der Waals surface area (Å²) >= 11 is 0. The summed E-state index contributed by atoms with van der Waals surface area (Å²) in [6.07, 6.45) is 13.0. The van der Waals surface area contributed by atoms with Crippen molar-refractivity contribution in [2.75, 3.05) is 0 Å². The third-order valence-corrected chi connectivity index (χ3v) is 1.61. The summed E-state index contributed by atoms with van der Waals surface area (Å²) in [6.45, 7) is 10.3. The maximum Gasteiger partial charge on any atom is -0.0257 e. The molecule has 82 valence electrons. The maximum absolute atomic E-state index is 3.58. The van der Waals surface area contributed by atoms with E-state index in [0.29, 0.717) is 0 Å². The molecule has 0 aliphatic carbocycles. The van der Waals surface area contributed by atoms with E-state index in [1.807, 2.05) is 36.4 Å². The van der Waals surface area contributed by atoms with E-state index in [1.54, 1.807) is 18.2 Å². The molecule has 0 radical (unpaired) electrons. The highest BCUT2D eigenvalue weighted by Crippen LogP contribution is 2.00. The van der Waals surface area contributed by atoms with Crippen LogP contribution >= 0.6 is 0 Å². The van der Waals surface area contributed by atoms with Gasteiger partial charge in [-0.25, -0.2) is 0 Å². The molecule has 0 aliphatic rings. The minimum Gasteiger partial charge on any atom is -0.0991 e. The zero-order valence-corrected chi connectivity index (χ0v) is 9.55. The maximum atomic E-state index is 3.58. The van der Waals surface area contributed by atoms with Crippen LogP contribution in [0, 0.1) is 0 Å². The van der Waals surface area contributed by atoms with Crippen molar-refractivity contribution in [2.45, 2.75) is 0 Å². The minimum atomic E-state index is 1.21. The summed E-state index contributed by atoms with van der Waals surface area (Å²) in [6, 6.07) is 10.2. The fraction of sp³-hybridized carbons (Fsp3) is 0. The van der Waals surface area contributed by atoms with Gasteiger partial charge in [-0.05, 0) is 5.56 Å². The predicted octanol–water partition coefficient (Wildman–Crippen LogP) is 4.80. The van der Waals surface area contributed by atoms with Crippen molar-refractivity contribution in [3.8, 4) is 0 Å². The van der Waals surface area contributed by atoms with Crippen molar-refractivity contribution in [3.05, 3.63) is 92.1 Å². The molecule has 0 nitrogen and oxygen atoms in total. The summed E-state index contributed by atoms with van der Waals surface area (Å²) in [5.41, 5.74) is 1.21. The third kappa shape index (κ3) is 8.52. The molecule has 0 amide bonds. The van der Waals surface area contributed by atoms with Crippen LogP contribution in [0.25, 0.3) is 6.08 Å². The molecule has 0 aliphatic heterocycles. The van der Waals surface area contributed by atoms with Gasteiger partial charge in [0.25, 0.3) is 0 Å². The van der Waals surface area contributed by atoms with Crippen LogP contribution in [0.3, 0.4) is 0 Å². The van der Waals surface area contributed by atoms with E-state index in [1.165, 1.54) is 5.56 Å². The standard InChI is InChI=1S/C12H12.C4H6/c1-2-3-4-6-9-12-10-7-5-8-11-12;1-3-4-2/h2-11H,1H2;3-4H,1-2H2. The van der Waals surface area contributed by atoms with E-state index in [2.05, 4.69) is 37.9 Å². The van der Waals surface area contributed by atoms with Crippen LogP contribution in [-0.4, -0.2) is 0 Å². The fourth-order valence-corrected chi connectivity index (χ4v) is 0.874. The first kappa shape index (κ1) is 13.9. The number of rotatable bonds is 4. The van der Waals surface area contributed by atoms with E-state index >= 15 is 0 Å². The van der Waals surface area contributed by atoms with Gasteiger partial charge in [-0.15, -0.1) is 0 Å². The van der Waals surface area contributed by atoms with Crippen LogP contribution in [0.5, 0.6) is 0 Å². The van der Waals surface area contributed by atoms with Crippen molar-refractivity contribution >= 4 is 6.08 Å². The third-order valence-electron chi connectivity index (χ3n) is 1.61. The van der Waals surface area contributed by atoms with Gasteiger partial charge in [0.2, 0.25) is 0 Å². The highest BCUT2D eigenvalue weighted by Gasteiger charge is 1.78. The zero-order valence-electron chi connectivity index (χ0n) is 9.55. The van der Waals surface area contributed by atoms with E-state index in [9.17, 15) is 0 Å². The quantitative estimate of drug-likeness (QED) is 0.626. The molecule has 0 aromatic heterocycles. The van der Waals surface area contributed by atoms with Crippen LogP contribution in [0.2, 0.25) is 0 Å². The van der Waals surface area contributed by atoms with E-state index < -0.39 is 0 Å².